The molecule has 22 heavy (non-hydrogen) atoms. The molecule has 1 aromatic rings. The van der Waals surface area contributed by atoms with Crippen molar-refractivity contribution in [3.05, 3.63) is 17.5 Å². The number of nitrogens with one attached hydrogen (secondary N) is 1. The summed E-state index contributed by atoms with van der Waals surface area (Å²) in [6.07, 6.45) is -2.63. The van der Waals surface area contributed by atoms with Crippen LogP contribution in [0.5, 0.6) is 0 Å². The van der Waals surface area contributed by atoms with Crippen molar-refractivity contribution in [2.45, 2.75) is 26.3 Å². The highest BCUT2D eigenvalue weighted by Gasteiger charge is 2.21. The number of ether oxygens (including phenoxy) is 1. The zero-order valence-corrected chi connectivity index (χ0v) is 12.9. The van der Waals surface area contributed by atoms with Gasteiger partial charge >= 0.3 is 0 Å². The Hall–Kier alpha value is -1.54. The van der Waals surface area contributed by atoms with E-state index in [4.69, 9.17) is 4.74 Å². The molecule has 1 unspecified atom stereocenters. The normalized spacial score (nSPS) is 17.7. The number of halogens is 2. The molecule has 0 bridgehead atoms. The number of nitrogens with zero attached hydrogens (tertiary/aromatic N) is 3. The molecule has 2 rings (SSSR count). The van der Waals surface area contributed by atoms with Gasteiger partial charge in [-0.05, 0) is 19.9 Å². The maximum atomic E-state index is 12.6. The number of hydrogen-bond acceptors (Lipinski definition) is 4. The molecule has 1 amide bonds. The van der Waals surface area contributed by atoms with Gasteiger partial charge in [-0.25, -0.2) is 8.78 Å². The van der Waals surface area contributed by atoms with Gasteiger partial charge in [-0.1, -0.05) is 0 Å². The van der Waals surface area contributed by atoms with Gasteiger partial charge in [0.05, 0.1) is 13.2 Å². The Labute approximate surface area is 128 Å². The van der Waals surface area contributed by atoms with Crippen molar-refractivity contribution in [1.29, 1.82) is 0 Å². The van der Waals surface area contributed by atoms with Crippen molar-refractivity contribution in [3.63, 3.8) is 0 Å². The number of hydrogen-bond donors (Lipinski definition) is 1. The molecule has 0 spiro atoms. The van der Waals surface area contributed by atoms with Crippen LogP contribution < -0.4 is 5.32 Å². The second-order valence-electron chi connectivity index (χ2n) is 5.38. The van der Waals surface area contributed by atoms with Crippen molar-refractivity contribution < 1.29 is 18.3 Å². The zero-order chi connectivity index (χ0) is 16.1. The summed E-state index contributed by atoms with van der Waals surface area (Å²) in [4.78, 5) is 14.3. The van der Waals surface area contributed by atoms with Crippen LogP contribution in [0.25, 0.3) is 0 Å². The van der Waals surface area contributed by atoms with E-state index in [2.05, 4.69) is 15.3 Å². The number of morpholine rings is 1. The van der Waals surface area contributed by atoms with E-state index in [1.165, 1.54) is 10.7 Å². The predicted molar refractivity (Wildman–Crippen MR) is 76.9 cm³/mol. The van der Waals surface area contributed by atoms with Crippen LogP contribution in [-0.4, -0.2) is 60.0 Å². The summed E-state index contributed by atoms with van der Waals surface area (Å²) in [5.41, 5.74) is 0.247. The molecule has 0 aromatic carbocycles. The first kappa shape index (κ1) is 16.8. The van der Waals surface area contributed by atoms with E-state index in [1.54, 1.807) is 13.8 Å². The van der Waals surface area contributed by atoms with Crippen molar-refractivity contribution in [2.24, 2.45) is 0 Å². The maximum absolute atomic E-state index is 12.6. The lowest BCUT2D eigenvalue weighted by Crippen LogP contribution is -2.42. The topological polar surface area (TPSA) is 59.4 Å². The highest BCUT2D eigenvalue weighted by molar-refractivity contribution is 5.79. The van der Waals surface area contributed by atoms with Crippen LogP contribution in [-0.2, 0) is 9.53 Å². The van der Waals surface area contributed by atoms with Gasteiger partial charge in [-0.3, -0.25) is 14.4 Å². The van der Waals surface area contributed by atoms with Crippen molar-refractivity contribution >= 4 is 5.91 Å². The molecule has 1 atom stereocenters. The molecule has 1 saturated heterocycles. The summed E-state index contributed by atoms with van der Waals surface area (Å²) in [6.45, 7) is 7.74. The summed E-state index contributed by atoms with van der Waals surface area (Å²) < 4.78 is 31.9. The average molecular weight is 316 g/mol. The molecular formula is C14H22F2N4O2. The monoisotopic (exact) mass is 316 g/mol. The molecule has 2 heterocycles. The lowest BCUT2D eigenvalue weighted by molar-refractivity contribution is -0.124. The number of carbonyl (C=O) groups is 1. The second-order valence-corrected chi connectivity index (χ2v) is 5.38. The molecule has 0 radical (unpaired) electrons. The smallest absolute Gasteiger partial charge is 0.282 e. The van der Waals surface area contributed by atoms with Crippen LogP contribution in [0.2, 0.25) is 0 Å². The lowest BCUT2D eigenvalue weighted by atomic mass is 10.3. The largest absolute Gasteiger partial charge is 0.379 e. The minimum Gasteiger partial charge on any atom is -0.379 e. The minimum absolute atomic E-state index is 0.222. The maximum Gasteiger partial charge on any atom is 0.282 e. The van der Waals surface area contributed by atoms with Gasteiger partial charge in [0.2, 0.25) is 5.91 Å². The molecule has 124 valence electrons. The highest BCUT2D eigenvalue weighted by Crippen LogP contribution is 2.20. The van der Waals surface area contributed by atoms with Gasteiger partial charge in [0.15, 0.2) is 0 Å². The highest BCUT2D eigenvalue weighted by atomic mass is 19.3. The molecule has 8 heteroatoms. The second kappa shape index (κ2) is 7.64. The molecule has 1 aromatic heterocycles. The number of rotatable bonds is 6. The molecule has 0 saturated carbocycles. The molecule has 6 nitrogen and oxygen atoms in total. The lowest BCUT2D eigenvalue weighted by Gasteiger charge is -2.26. The van der Waals surface area contributed by atoms with E-state index < -0.39 is 12.5 Å². The fourth-order valence-corrected chi connectivity index (χ4v) is 2.43. The number of alkyl halides is 2. The number of carbonyl (C=O) groups excluding carboxylic acids is 1. The number of amides is 1. The number of aromatic nitrogens is 2. The van der Waals surface area contributed by atoms with Crippen LogP contribution >= 0.6 is 0 Å². The van der Waals surface area contributed by atoms with Crippen LogP contribution in [0.15, 0.2) is 6.07 Å². The molecule has 1 N–H and O–H groups in total. The van der Waals surface area contributed by atoms with Crippen LogP contribution in [0.4, 0.5) is 8.78 Å². The minimum atomic E-state index is -2.63. The van der Waals surface area contributed by atoms with E-state index in [0.29, 0.717) is 25.5 Å². The third kappa shape index (κ3) is 4.23. The van der Waals surface area contributed by atoms with E-state index in [0.717, 1.165) is 19.6 Å². The van der Waals surface area contributed by atoms with E-state index in [-0.39, 0.29) is 11.6 Å². The third-order valence-electron chi connectivity index (χ3n) is 3.74. The summed E-state index contributed by atoms with van der Waals surface area (Å²) in [6, 6.07) is 0.694. The standard InChI is InChI=1S/C14H22F2N4O2/c1-10-9-12(13(15)16)18-20(10)11(2)14(21)17-3-4-19-5-7-22-8-6-19/h9,11,13H,3-8H2,1-2H3,(H,17,21). The summed E-state index contributed by atoms with van der Waals surface area (Å²) in [7, 11) is 0. The molecular weight excluding hydrogens is 294 g/mol. The summed E-state index contributed by atoms with van der Waals surface area (Å²) in [5.74, 6) is -0.222. The van der Waals surface area contributed by atoms with Crippen molar-refractivity contribution in [1.82, 2.24) is 20.0 Å². The van der Waals surface area contributed by atoms with Gasteiger partial charge in [0.1, 0.15) is 11.7 Å². The Morgan fingerprint density at radius 3 is 2.73 bits per heavy atom. The first-order valence-electron chi connectivity index (χ1n) is 7.41. The van der Waals surface area contributed by atoms with Crippen molar-refractivity contribution in [3.8, 4) is 0 Å². The summed E-state index contributed by atoms with van der Waals surface area (Å²) >= 11 is 0. The fourth-order valence-electron chi connectivity index (χ4n) is 2.43. The van der Waals surface area contributed by atoms with Gasteiger partial charge in [0, 0.05) is 31.9 Å². The SMILES string of the molecule is Cc1cc(C(F)F)nn1C(C)C(=O)NCCN1CCOCC1. The van der Waals surface area contributed by atoms with Crippen molar-refractivity contribution in [2.75, 3.05) is 39.4 Å². The third-order valence-corrected chi connectivity index (χ3v) is 3.74. The molecule has 1 aliphatic rings. The molecule has 0 aliphatic carbocycles. The van der Waals surface area contributed by atoms with Crippen LogP contribution in [0.1, 0.15) is 30.8 Å². The van der Waals surface area contributed by atoms with Gasteiger partial charge < -0.3 is 10.1 Å². The summed E-state index contributed by atoms with van der Waals surface area (Å²) in [5, 5.41) is 6.63. The van der Waals surface area contributed by atoms with Crippen LogP contribution in [0.3, 0.4) is 0 Å². The Morgan fingerprint density at radius 2 is 2.14 bits per heavy atom. The van der Waals surface area contributed by atoms with Gasteiger partial charge in [0.25, 0.3) is 6.43 Å². The first-order chi connectivity index (χ1) is 10.5. The Balaban J connectivity index is 1.83. The zero-order valence-electron chi connectivity index (χ0n) is 12.9. The van der Waals surface area contributed by atoms with E-state index >= 15 is 0 Å². The first-order valence-corrected chi connectivity index (χ1v) is 7.41. The molecule has 1 aliphatic heterocycles. The van der Waals surface area contributed by atoms with E-state index in [1.807, 2.05) is 0 Å². The van der Waals surface area contributed by atoms with Crippen LogP contribution in [0, 0.1) is 6.92 Å². The average Bonchev–Trinajstić information content (AvgIpc) is 2.89. The number of aryl methyl sites for hydroxylation is 1. The fraction of sp³-hybridized carbons (Fsp3) is 0.714. The Bertz CT molecular complexity index is 501. The predicted octanol–water partition coefficient (Wildman–Crippen LogP) is 1.14. The quantitative estimate of drug-likeness (QED) is 0.855. The Morgan fingerprint density at radius 1 is 1.45 bits per heavy atom. The Kier molecular flexibility index (Phi) is 5.84. The van der Waals surface area contributed by atoms with E-state index in [9.17, 15) is 13.6 Å². The van der Waals surface area contributed by atoms with Gasteiger partial charge in [-0.15, -0.1) is 0 Å². The van der Waals surface area contributed by atoms with Gasteiger partial charge in [-0.2, -0.15) is 5.10 Å². The molecule has 1 fully saturated rings.